The maximum Gasteiger partial charge on any atom is 0.197 e. The van der Waals surface area contributed by atoms with E-state index in [-0.39, 0.29) is 0 Å². The van der Waals surface area contributed by atoms with E-state index >= 15 is 0 Å². The highest BCUT2D eigenvalue weighted by Gasteiger charge is 1.99. The van der Waals surface area contributed by atoms with Crippen LogP contribution in [0, 0.1) is 0 Å². The van der Waals surface area contributed by atoms with Gasteiger partial charge in [0.25, 0.3) is 0 Å². The van der Waals surface area contributed by atoms with Crippen molar-refractivity contribution in [1.29, 1.82) is 0 Å². The summed E-state index contributed by atoms with van der Waals surface area (Å²) in [5.41, 5.74) is 2.47. The Morgan fingerprint density at radius 1 is 0.423 bits per heavy atom. The molecule has 0 radical (unpaired) electrons. The molecule has 4 nitrogen and oxygen atoms in total. The molecule has 26 heavy (non-hydrogen) atoms. The third-order valence-electron chi connectivity index (χ3n) is 3.40. The lowest BCUT2D eigenvalue weighted by atomic mass is 10.1. The van der Waals surface area contributed by atoms with Gasteiger partial charge in [-0.05, 0) is 23.3 Å². The van der Waals surface area contributed by atoms with E-state index in [0.717, 1.165) is 0 Å². The summed E-state index contributed by atoms with van der Waals surface area (Å²) in [5, 5.41) is 0. The molecule has 4 rings (SSSR count). The average Bonchev–Trinajstić information content (AvgIpc) is 2.75. The Hall–Kier alpha value is -3.66. The van der Waals surface area contributed by atoms with Crippen LogP contribution in [-0.4, -0.2) is 19.9 Å². The van der Waals surface area contributed by atoms with Crippen molar-refractivity contribution in [1.82, 2.24) is 19.9 Å². The third kappa shape index (κ3) is 5.46. The molecule has 0 spiro atoms. The SMILES string of the molecule is C(=Cc1ccccc1)c1ccccc1.c1cnc(-c2ncccn2)nc1. The second-order valence-electron chi connectivity index (χ2n) is 5.30. The van der Waals surface area contributed by atoms with E-state index in [1.807, 2.05) is 36.4 Å². The highest BCUT2D eigenvalue weighted by Crippen LogP contribution is 2.07. The molecule has 2 aromatic heterocycles. The lowest BCUT2D eigenvalue weighted by molar-refractivity contribution is 1.08. The van der Waals surface area contributed by atoms with E-state index in [4.69, 9.17) is 0 Å². The molecule has 4 aromatic rings. The molecule has 126 valence electrons. The van der Waals surface area contributed by atoms with Crippen molar-refractivity contribution < 1.29 is 0 Å². The lowest BCUT2D eigenvalue weighted by Crippen LogP contribution is -1.91. The fraction of sp³-hybridized carbons (Fsp3) is 0. The molecule has 0 aliphatic carbocycles. The molecular formula is C22H18N4. The highest BCUT2D eigenvalue weighted by atomic mass is 15.0. The molecule has 0 saturated carbocycles. The van der Waals surface area contributed by atoms with E-state index in [9.17, 15) is 0 Å². The van der Waals surface area contributed by atoms with Crippen molar-refractivity contribution >= 4 is 12.2 Å². The summed E-state index contributed by atoms with van der Waals surface area (Å²) in [5.74, 6) is 1.11. The van der Waals surface area contributed by atoms with Crippen molar-refractivity contribution in [2.45, 2.75) is 0 Å². The van der Waals surface area contributed by atoms with Crippen LogP contribution >= 0.6 is 0 Å². The number of aromatic nitrogens is 4. The first kappa shape index (κ1) is 17.2. The molecule has 2 heterocycles. The third-order valence-corrected chi connectivity index (χ3v) is 3.40. The van der Waals surface area contributed by atoms with E-state index in [0.29, 0.717) is 11.6 Å². The van der Waals surface area contributed by atoms with Crippen LogP contribution < -0.4 is 0 Å². The number of hydrogen-bond acceptors (Lipinski definition) is 4. The Morgan fingerprint density at radius 3 is 1.12 bits per heavy atom. The molecular weight excluding hydrogens is 320 g/mol. The zero-order valence-corrected chi connectivity index (χ0v) is 14.2. The maximum atomic E-state index is 4.01. The largest absolute Gasteiger partial charge is 0.234 e. The van der Waals surface area contributed by atoms with E-state index < -0.39 is 0 Å². The normalized spacial score (nSPS) is 10.2. The Bertz CT molecular complexity index is 830. The predicted octanol–water partition coefficient (Wildman–Crippen LogP) is 4.79. The summed E-state index contributed by atoms with van der Waals surface area (Å²) in [6, 6.07) is 24.1. The molecule has 0 atom stereocenters. The summed E-state index contributed by atoms with van der Waals surface area (Å²) in [6.07, 6.45) is 10.9. The first-order chi connectivity index (χ1) is 12.9. The Balaban J connectivity index is 0.000000152. The van der Waals surface area contributed by atoms with Gasteiger partial charge in [0.05, 0.1) is 0 Å². The minimum absolute atomic E-state index is 0.554. The summed E-state index contributed by atoms with van der Waals surface area (Å²) in [4.78, 5) is 16.1. The Morgan fingerprint density at radius 2 is 0.769 bits per heavy atom. The van der Waals surface area contributed by atoms with Gasteiger partial charge in [0.1, 0.15) is 0 Å². The molecule has 4 heteroatoms. The van der Waals surface area contributed by atoms with Gasteiger partial charge in [-0.3, -0.25) is 0 Å². The van der Waals surface area contributed by atoms with Crippen LogP contribution in [0.15, 0.2) is 97.6 Å². The monoisotopic (exact) mass is 338 g/mol. The topological polar surface area (TPSA) is 51.6 Å². The molecule has 0 amide bonds. The van der Waals surface area contributed by atoms with Gasteiger partial charge in [-0.1, -0.05) is 72.8 Å². The standard InChI is InChI=1S/C14H12.C8H6N4/c1-3-7-13(8-4-1)11-12-14-9-5-2-6-10-14;1-3-9-7(10-4-1)8-11-5-2-6-12-8/h1-12H;1-6H. The fourth-order valence-electron chi connectivity index (χ4n) is 2.15. The fourth-order valence-corrected chi connectivity index (χ4v) is 2.15. The van der Waals surface area contributed by atoms with E-state index in [1.165, 1.54) is 11.1 Å². The van der Waals surface area contributed by atoms with Crippen LogP contribution in [-0.2, 0) is 0 Å². The minimum Gasteiger partial charge on any atom is -0.234 e. The average molecular weight is 338 g/mol. The predicted molar refractivity (Wildman–Crippen MR) is 105 cm³/mol. The number of rotatable bonds is 3. The zero-order valence-electron chi connectivity index (χ0n) is 14.2. The van der Waals surface area contributed by atoms with Gasteiger partial charge >= 0.3 is 0 Å². The second-order valence-corrected chi connectivity index (χ2v) is 5.30. The van der Waals surface area contributed by atoms with Crippen LogP contribution in [0.25, 0.3) is 23.8 Å². The van der Waals surface area contributed by atoms with Gasteiger partial charge in [0.15, 0.2) is 11.6 Å². The summed E-state index contributed by atoms with van der Waals surface area (Å²) in [6.45, 7) is 0. The highest BCUT2D eigenvalue weighted by molar-refractivity contribution is 5.69. The molecule has 0 aliphatic rings. The quantitative estimate of drug-likeness (QED) is 0.504. The molecule has 2 aromatic carbocycles. The van der Waals surface area contributed by atoms with Crippen LogP contribution in [0.4, 0.5) is 0 Å². The molecule has 0 saturated heterocycles. The van der Waals surface area contributed by atoms with Crippen molar-refractivity contribution in [3.63, 3.8) is 0 Å². The van der Waals surface area contributed by atoms with Crippen molar-refractivity contribution in [2.75, 3.05) is 0 Å². The summed E-state index contributed by atoms with van der Waals surface area (Å²) < 4.78 is 0. The van der Waals surface area contributed by atoms with Gasteiger partial charge in [-0.25, -0.2) is 19.9 Å². The summed E-state index contributed by atoms with van der Waals surface area (Å²) in [7, 11) is 0. The lowest BCUT2D eigenvalue weighted by Gasteiger charge is -1.93. The van der Waals surface area contributed by atoms with Crippen molar-refractivity contribution in [3.05, 3.63) is 109 Å². The van der Waals surface area contributed by atoms with Gasteiger partial charge in [-0.15, -0.1) is 0 Å². The Labute approximate surface area is 153 Å². The van der Waals surface area contributed by atoms with Gasteiger partial charge in [0, 0.05) is 24.8 Å². The van der Waals surface area contributed by atoms with Crippen LogP contribution in [0.5, 0.6) is 0 Å². The molecule has 0 N–H and O–H groups in total. The second kappa shape index (κ2) is 9.59. The summed E-state index contributed by atoms with van der Waals surface area (Å²) >= 11 is 0. The van der Waals surface area contributed by atoms with Crippen LogP contribution in [0.3, 0.4) is 0 Å². The molecule has 0 unspecified atom stereocenters. The Kier molecular flexibility index (Phi) is 6.33. The van der Waals surface area contributed by atoms with Crippen molar-refractivity contribution in [2.24, 2.45) is 0 Å². The van der Waals surface area contributed by atoms with Gasteiger partial charge in [0.2, 0.25) is 0 Å². The molecule has 0 fully saturated rings. The molecule has 0 bridgehead atoms. The van der Waals surface area contributed by atoms with E-state index in [1.54, 1.807) is 36.9 Å². The van der Waals surface area contributed by atoms with Gasteiger partial charge < -0.3 is 0 Å². The maximum absolute atomic E-state index is 4.01. The zero-order chi connectivity index (χ0) is 17.9. The molecule has 0 aliphatic heterocycles. The van der Waals surface area contributed by atoms with Crippen LogP contribution in [0.2, 0.25) is 0 Å². The first-order valence-electron chi connectivity index (χ1n) is 8.24. The van der Waals surface area contributed by atoms with Gasteiger partial charge in [-0.2, -0.15) is 0 Å². The minimum atomic E-state index is 0.554. The number of hydrogen-bond donors (Lipinski definition) is 0. The first-order valence-corrected chi connectivity index (χ1v) is 8.24. The van der Waals surface area contributed by atoms with E-state index in [2.05, 4.69) is 56.4 Å². The smallest absolute Gasteiger partial charge is 0.197 e. The number of nitrogens with zero attached hydrogens (tertiary/aromatic N) is 4. The van der Waals surface area contributed by atoms with Crippen LogP contribution in [0.1, 0.15) is 11.1 Å². The number of benzene rings is 2. The van der Waals surface area contributed by atoms with Crippen molar-refractivity contribution in [3.8, 4) is 11.6 Å².